The van der Waals surface area contributed by atoms with Crippen molar-refractivity contribution in [2.75, 3.05) is 13.1 Å². The van der Waals surface area contributed by atoms with E-state index in [9.17, 15) is 19.2 Å². The highest BCUT2D eigenvalue weighted by Gasteiger charge is 2.70. The molecule has 4 unspecified atom stereocenters. The van der Waals surface area contributed by atoms with E-state index in [0.717, 1.165) is 64.2 Å². The van der Waals surface area contributed by atoms with Gasteiger partial charge in [-0.15, -0.1) is 0 Å². The smallest absolute Gasteiger partial charge is 0.407 e. The van der Waals surface area contributed by atoms with E-state index in [-0.39, 0.29) is 21.7 Å². The molecule has 0 aromatic heterocycles. The van der Waals surface area contributed by atoms with Gasteiger partial charge >= 0.3 is 24.1 Å². The summed E-state index contributed by atoms with van der Waals surface area (Å²) in [6.45, 7) is 16.8. The van der Waals surface area contributed by atoms with E-state index in [2.05, 4.69) is 51.5 Å². The number of hydrogen-bond donors (Lipinski definition) is 2. The first kappa shape index (κ1) is 32.9. The highest BCUT2D eigenvalue weighted by Crippen LogP contribution is 2.71. The van der Waals surface area contributed by atoms with Crippen molar-refractivity contribution >= 4 is 24.1 Å². The molecule has 2 N–H and O–H groups in total. The molecule has 4 atom stereocenters. The lowest BCUT2D eigenvalue weighted by molar-refractivity contribution is -0.258. The maximum atomic E-state index is 13.0. The van der Waals surface area contributed by atoms with Crippen LogP contribution in [0, 0.1) is 21.7 Å². The summed E-state index contributed by atoms with van der Waals surface area (Å²) in [6, 6.07) is 0. The molecule has 0 saturated heterocycles. The number of carbonyl (C=O) groups excluding carboxylic acids is 4. The van der Waals surface area contributed by atoms with Crippen LogP contribution in [0.25, 0.3) is 0 Å². The zero-order valence-corrected chi connectivity index (χ0v) is 28.1. The topological polar surface area (TPSA) is 129 Å². The van der Waals surface area contributed by atoms with Gasteiger partial charge in [-0.25, -0.2) is 19.2 Å². The normalized spacial score (nSPS) is 44.2. The van der Waals surface area contributed by atoms with E-state index in [1.165, 1.54) is 12.2 Å². The molecule has 8 saturated carbocycles. The van der Waals surface area contributed by atoms with Crippen LogP contribution < -0.4 is 10.6 Å². The number of amides is 2. The molecule has 0 aromatic carbocycles. The number of unbranched alkanes of at least 4 members (excludes halogenated alkanes) is 1. The lowest BCUT2D eigenvalue weighted by Gasteiger charge is -2.67. The largest absolute Gasteiger partial charge is 0.456 e. The molecule has 8 bridgehead atoms. The second-order valence-corrected chi connectivity index (χ2v) is 17.7. The van der Waals surface area contributed by atoms with Gasteiger partial charge in [-0.3, -0.25) is 0 Å². The average molecular weight is 641 g/mol. The maximum absolute atomic E-state index is 13.0. The number of hydrogen-bond acceptors (Lipinski definition) is 8. The Kier molecular flexibility index (Phi) is 7.68. The summed E-state index contributed by atoms with van der Waals surface area (Å²) in [5.41, 5.74) is -2.84. The van der Waals surface area contributed by atoms with Crippen LogP contribution in [0.15, 0.2) is 25.3 Å². The van der Waals surface area contributed by atoms with Gasteiger partial charge in [-0.1, -0.05) is 40.9 Å². The predicted octanol–water partition coefficient (Wildman–Crippen LogP) is 6.42. The van der Waals surface area contributed by atoms with Gasteiger partial charge in [0, 0.05) is 38.1 Å². The van der Waals surface area contributed by atoms with Gasteiger partial charge in [0.05, 0.1) is 0 Å². The van der Waals surface area contributed by atoms with E-state index in [4.69, 9.17) is 18.9 Å². The summed E-state index contributed by atoms with van der Waals surface area (Å²) in [5, 5.41) is 5.79. The molecule has 8 fully saturated rings. The molecule has 0 spiro atoms. The predicted molar refractivity (Wildman–Crippen MR) is 170 cm³/mol. The summed E-state index contributed by atoms with van der Waals surface area (Å²) >= 11 is 0. The SMILES string of the molecule is C=CC(=O)OC12CC3(C)CC(C)(C1)CC(OC(=O)NCCCCNC(=O)OC14CC5(C)CC(C)(CC(OC(=O)C=C)(C5)C1)C4)(C3)C2. The fraction of sp³-hybridized carbons (Fsp3) is 0.778. The first-order valence-electron chi connectivity index (χ1n) is 17.0. The van der Waals surface area contributed by atoms with Crippen molar-refractivity contribution in [1.82, 2.24) is 10.6 Å². The third kappa shape index (κ3) is 6.29. The molecular formula is C36H52N2O8. The van der Waals surface area contributed by atoms with Gasteiger partial charge in [0.1, 0.15) is 22.4 Å². The van der Waals surface area contributed by atoms with Gasteiger partial charge in [0.2, 0.25) is 0 Å². The minimum Gasteiger partial charge on any atom is -0.456 e. The summed E-state index contributed by atoms with van der Waals surface area (Å²) < 4.78 is 24.2. The highest BCUT2D eigenvalue weighted by molar-refractivity contribution is 5.82. The zero-order chi connectivity index (χ0) is 33.3. The van der Waals surface area contributed by atoms with Crippen LogP contribution in [-0.4, -0.2) is 59.6 Å². The van der Waals surface area contributed by atoms with Crippen LogP contribution in [0.3, 0.4) is 0 Å². The molecule has 8 aliphatic rings. The van der Waals surface area contributed by atoms with Crippen LogP contribution in [-0.2, 0) is 28.5 Å². The van der Waals surface area contributed by atoms with E-state index in [1.54, 1.807) is 0 Å². The highest BCUT2D eigenvalue weighted by atomic mass is 16.6. The molecule has 10 heteroatoms. The maximum Gasteiger partial charge on any atom is 0.407 e. The van der Waals surface area contributed by atoms with Crippen LogP contribution in [0.1, 0.15) is 118 Å². The molecule has 254 valence electrons. The Bertz CT molecular complexity index is 1200. The van der Waals surface area contributed by atoms with Crippen molar-refractivity contribution in [3.63, 3.8) is 0 Å². The van der Waals surface area contributed by atoms with Gasteiger partial charge in [0.25, 0.3) is 0 Å². The Balaban J connectivity index is 0.960. The van der Waals surface area contributed by atoms with Crippen LogP contribution in [0.4, 0.5) is 9.59 Å². The number of rotatable bonds is 11. The van der Waals surface area contributed by atoms with Crippen LogP contribution in [0.5, 0.6) is 0 Å². The van der Waals surface area contributed by atoms with Crippen LogP contribution in [0.2, 0.25) is 0 Å². The van der Waals surface area contributed by atoms with Crippen molar-refractivity contribution in [3.05, 3.63) is 25.3 Å². The van der Waals surface area contributed by atoms with Crippen molar-refractivity contribution in [1.29, 1.82) is 0 Å². The second-order valence-electron chi connectivity index (χ2n) is 17.7. The third-order valence-corrected chi connectivity index (χ3v) is 11.7. The summed E-state index contributed by atoms with van der Waals surface area (Å²) in [7, 11) is 0. The molecule has 0 heterocycles. The Morgan fingerprint density at radius 2 is 0.783 bits per heavy atom. The van der Waals surface area contributed by atoms with E-state index >= 15 is 0 Å². The van der Waals surface area contributed by atoms with Crippen molar-refractivity contribution in [3.8, 4) is 0 Å². The minimum atomic E-state index is -0.664. The van der Waals surface area contributed by atoms with Gasteiger partial charge in [-0.05, 0) is 98.7 Å². The molecule has 46 heavy (non-hydrogen) atoms. The summed E-state index contributed by atoms with van der Waals surface area (Å²) in [6.07, 6.45) is 12.1. The first-order valence-corrected chi connectivity index (χ1v) is 17.0. The summed E-state index contributed by atoms with van der Waals surface area (Å²) in [5.74, 6) is -0.851. The molecule has 2 amide bonds. The molecule has 8 rings (SSSR count). The van der Waals surface area contributed by atoms with E-state index in [0.29, 0.717) is 38.8 Å². The number of esters is 2. The lowest BCUT2D eigenvalue weighted by atomic mass is 9.42. The zero-order valence-electron chi connectivity index (χ0n) is 28.1. The van der Waals surface area contributed by atoms with Crippen molar-refractivity contribution in [2.45, 2.75) is 140 Å². The quantitative estimate of drug-likeness (QED) is 0.115. The fourth-order valence-corrected chi connectivity index (χ4v) is 13.0. The monoisotopic (exact) mass is 640 g/mol. The van der Waals surface area contributed by atoms with Crippen LogP contribution >= 0.6 is 0 Å². The Morgan fingerprint density at radius 3 is 1.07 bits per heavy atom. The molecule has 0 radical (unpaired) electrons. The Hall–Kier alpha value is -3.04. The van der Waals surface area contributed by atoms with Gasteiger partial charge in [-0.2, -0.15) is 0 Å². The first-order chi connectivity index (χ1) is 21.4. The standard InChI is InChI=1S/C36H52N2O8/c1-7-25(39)43-33-15-29(3)13-30(4,16-33)20-35(19-29,23-33)45-27(41)37-11-9-10-12-38-28(42)46-36-21-31(5)14-32(6,22-36)18-34(17-31,24-36)44-26(40)8-2/h7-8H,1-2,9-24H2,3-6H3,(H,37,41)(H,38,42). The van der Waals surface area contributed by atoms with E-state index < -0.39 is 46.5 Å². The molecule has 10 nitrogen and oxygen atoms in total. The average Bonchev–Trinajstić information content (AvgIpc) is 2.85. The number of ether oxygens (including phenoxy) is 4. The third-order valence-electron chi connectivity index (χ3n) is 11.7. The fourth-order valence-electron chi connectivity index (χ4n) is 13.0. The van der Waals surface area contributed by atoms with Crippen molar-refractivity contribution in [2.24, 2.45) is 21.7 Å². The number of alkyl carbamates (subject to hydrolysis) is 2. The van der Waals surface area contributed by atoms with Gasteiger partial charge in [0.15, 0.2) is 0 Å². The number of nitrogens with one attached hydrogen (secondary N) is 2. The Labute approximate surface area is 272 Å². The van der Waals surface area contributed by atoms with Crippen molar-refractivity contribution < 1.29 is 38.1 Å². The van der Waals surface area contributed by atoms with Gasteiger partial charge < -0.3 is 29.6 Å². The lowest BCUT2D eigenvalue weighted by Crippen LogP contribution is -2.68. The molecular weight excluding hydrogens is 588 g/mol. The molecule has 8 aliphatic carbocycles. The summed E-state index contributed by atoms with van der Waals surface area (Å²) in [4.78, 5) is 50.4. The van der Waals surface area contributed by atoms with E-state index in [1.807, 2.05) is 0 Å². The second kappa shape index (κ2) is 10.7. The number of carbonyl (C=O) groups is 4. The minimum absolute atomic E-state index is 0.0618. The molecule has 0 aromatic rings. The Morgan fingerprint density at radius 1 is 0.500 bits per heavy atom. The molecule has 0 aliphatic heterocycles.